The van der Waals surface area contributed by atoms with E-state index in [-0.39, 0.29) is 0 Å². The average molecular weight is 241 g/mol. The third-order valence-electron chi connectivity index (χ3n) is 2.66. The lowest BCUT2D eigenvalue weighted by molar-refractivity contribution is 0.482. The first kappa shape index (κ1) is 12.7. The predicted octanol–water partition coefficient (Wildman–Crippen LogP) is 3.98. The molecule has 0 bridgehead atoms. The molecule has 18 heavy (non-hydrogen) atoms. The van der Waals surface area contributed by atoms with Crippen molar-refractivity contribution < 1.29 is 4.74 Å². The lowest BCUT2D eigenvalue weighted by Crippen LogP contribution is -2.13. The number of rotatable bonds is 6. The van der Waals surface area contributed by atoms with E-state index in [1.165, 1.54) is 5.56 Å². The maximum Gasteiger partial charge on any atom is 0.127 e. The van der Waals surface area contributed by atoms with Crippen LogP contribution in [0.3, 0.4) is 0 Å². The highest BCUT2D eigenvalue weighted by atomic mass is 16.5. The molecule has 0 radical (unpaired) electrons. The number of nitrogens with one attached hydrogen (secondary N) is 1. The second-order valence-electron chi connectivity index (χ2n) is 4.24. The van der Waals surface area contributed by atoms with Crippen LogP contribution in [-0.4, -0.2) is 6.54 Å². The molecule has 2 aromatic carbocycles. The molecule has 94 valence electrons. The van der Waals surface area contributed by atoms with Crippen molar-refractivity contribution in [2.75, 3.05) is 6.54 Å². The van der Waals surface area contributed by atoms with Crippen molar-refractivity contribution in [3.8, 4) is 11.5 Å². The second kappa shape index (κ2) is 6.82. The summed E-state index contributed by atoms with van der Waals surface area (Å²) in [5.41, 5.74) is 1.28. The van der Waals surface area contributed by atoms with Crippen molar-refractivity contribution in [1.82, 2.24) is 5.32 Å². The third kappa shape index (κ3) is 3.90. The highest BCUT2D eigenvalue weighted by molar-refractivity contribution is 5.32. The van der Waals surface area contributed by atoms with Gasteiger partial charge in [0.1, 0.15) is 11.5 Å². The molecule has 0 saturated heterocycles. The summed E-state index contributed by atoms with van der Waals surface area (Å²) >= 11 is 0. The maximum absolute atomic E-state index is 5.74. The maximum atomic E-state index is 5.74. The SMILES string of the molecule is CCCNCc1ccc(Oc2ccccc2)cc1. The molecule has 0 heterocycles. The molecule has 0 aromatic heterocycles. The van der Waals surface area contributed by atoms with Gasteiger partial charge in [0.05, 0.1) is 0 Å². The van der Waals surface area contributed by atoms with Gasteiger partial charge in [0.15, 0.2) is 0 Å². The quantitative estimate of drug-likeness (QED) is 0.772. The summed E-state index contributed by atoms with van der Waals surface area (Å²) in [6, 6.07) is 18.0. The molecular formula is C16H19NO. The Morgan fingerprint density at radius 2 is 1.56 bits per heavy atom. The van der Waals surface area contributed by atoms with Gasteiger partial charge < -0.3 is 10.1 Å². The zero-order valence-corrected chi connectivity index (χ0v) is 10.7. The smallest absolute Gasteiger partial charge is 0.127 e. The van der Waals surface area contributed by atoms with Crippen molar-refractivity contribution in [2.45, 2.75) is 19.9 Å². The van der Waals surface area contributed by atoms with Gasteiger partial charge in [0.2, 0.25) is 0 Å². The second-order valence-corrected chi connectivity index (χ2v) is 4.24. The highest BCUT2D eigenvalue weighted by Gasteiger charge is 1.97. The van der Waals surface area contributed by atoms with Gasteiger partial charge in [-0.05, 0) is 42.8 Å². The van der Waals surface area contributed by atoms with Crippen LogP contribution in [0, 0.1) is 0 Å². The summed E-state index contributed by atoms with van der Waals surface area (Å²) in [6.45, 7) is 4.14. The van der Waals surface area contributed by atoms with E-state index in [1.54, 1.807) is 0 Å². The van der Waals surface area contributed by atoms with Crippen LogP contribution in [-0.2, 0) is 6.54 Å². The van der Waals surface area contributed by atoms with Crippen molar-refractivity contribution in [2.24, 2.45) is 0 Å². The first-order valence-electron chi connectivity index (χ1n) is 6.41. The fourth-order valence-electron chi connectivity index (χ4n) is 1.71. The van der Waals surface area contributed by atoms with Gasteiger partial charge in [-0.1, -0.05) is 37.3 Å². The van der Waals surface area contributed by atoms with Crippen molar-refractivity contribution >= 4 is 0 Å². The predicted molar refractivity (Wildman–Crippen MR) is 75.0 cm³/mol. The number of ether oxygens (including phenoxy) is 1. The first-order valence-corrected chi connectivity index (χ1v) is 6.41. The van der Waals surface area contributed by atoms with Crippen molar-refractivity contribution in [1.29, 1.82) is 0 Å². The number of para-hydroxylation sites is 1. The largest absolute Gasteiger partial charge is 0.457 e. The Morgan fingerprint density at radius 3 is 2.22 bits per heavy atom. The van der Waals surface area contributed by atoms with E-state index >= 15 is 0 Å². The summed E-state index contributed by atoms with van der Waals surface area (Å²) in [5.74, 6) is 1.75. The van der Waals surface area contributed by atoms with Crippen LogP contribution >= 0.6 is 0 Å². The number of hydrogen-bond acceptors (Lipinski definition) is 2. The molecule has 0 aliphatic heterocycles. The third-order valence-corrected chi connectivity index (χ3v) is 2.66. The summed E-state index contributed by atoms with van der Waals surface area (Å²) in [5, 5.41) is 3.38. The summed E-state index contributed by atoms with van der Waals surface area (Å²) < 4.78 is 5.74. The van der Waals surface area contributed by atoms with E-state index in [0.717, 1.165) is 31.0 Å². The molecule has 0 spiro atoms. The standard InChI is InChI=1S/C16H19NO/c1-2-12-17-13-14-8-10-16(11-9-14)18-15-6-4-3-5-7-15/h3-11,17H,2,12-13H2,1H3. The molecule has 0 unspecified atom stereocenters. The monoisotopic (exact) mass is 241 g/mol. The van der Waals surface area contributed by atoms with Crippen LogP contribution in [0.1, 0.15) is 18.9 Å². The Bertz CT molecular complexity index is 450. The Morgan fingerprint density at radius 1 is 0.889 bits per heavy atom. The van der Waals surface area contributed by atoms with E-state index in [2.05, 4.69) is 24.4 Å². The average Bonchev–Trinajstić information content (AvgIpc) is 2.42. The van der Waals surface area contributed by atoms with Crippen LogP contribution < -0.4 is 10.1 Å². The molecular weight excluding hydrogens is 222 g/mol. The van der Waals surface area contributed by atoms with Gasteiger partial charge >= 0.3 is 0 Å². The van der Waals surface area contributed by atoms with Gasteiger partial charge in [-0.2, -0.15) is 0 Å². The molecule has 0 atom stereocenters. The topological polar surface area (TPSA) is 21.3 Å². The molecule has 2 rings (SSSR count). The van der Waals surface area contributed by atoms with Gasteiger partial charge in [0, 0.05) is 6.54 Å². The lowest BCUT2D eigenvalue weighted by atomic mass is 10.2. The minimum absolute atomic E-state index is 0.870. The minimum atomic E-state index is 0.870. The van der Waals surface area contributed by atoms with Crippen LogP contribution in [0.15, 0.2) is 54.6 Å². The van der Waals surface area contributed by atoms with Crippen LogP contribution in [0.4, 0.5) is 0 Å². The molecule has 1 N–H and O–H groups in total. The normalized spacial score (nSPS) is 10.3. The van der Waals surface area contributed by atoms with Crippen molar-refractivity contribution in [3.05, 3.63) is 60.2 Å². The minimum Gasteiger partial charge on any atom is -0.457 e. The zero-order chi connectivity index (χ0) is 12.6. The first-order chi connectivity index (χ1) is 8.88. The van der Waals surface area contributed by atoms with Gasteiger partial charge in [-0.25, -0.2) is 0 Å². The molecule has 2 heteroatoms. The van der Waals surface area contributed by atoms with E-state index in [0.29, 0.717) is 0 Å². The van der Waals surface area contributed by atoms with E-state index in [1.807, 2.05) is 42.5 Å². The molecule has 0 fully saturated rings. The van der Waals surface area contributed by atoms with Gasteiger partial charge in [0.25, 0.3) is 0 Å². The highest BCUT2D eigenvalue weighted by Crippen LogP contribution is 2.20. The fraction of sp³-hybridized carbons (Fsp3) is 0.250. The Hall–Kier alpha value is -1.80. The molecule has 2 nitrogen and oxygen atoms in total. The summed E-state index contributed by atoms with van der Waals surface area (Å²) in [4.78, 5) is 0. The molecule has 2 aromatic rings. The Labute approximate surface area is 109 Å². The van der Waals surface area contributed by atoms with Crippen LogP contribution in [0.5, 0.6) is 11.5 Å². The number of hydrogen-bond donors (Lipinski definition) is 1. The molecule has 0 saturated carbocycles. The molecule has 0 amide bonds. The van der Waals surface area contributed by atoms with Gasteiger partial charge in [-0.3, -0.25) is 0 Å². The lowest BCUT2D eigenvalue weighted by Gasteiger charge is -2.07. The Kier molecular flexibility index (Phi) is 4.79. The molecule has 0 aliphatic carbocycles. The Balaban J connectivity index is 1.91. The van der Waals surface area contributed by atoms with Crippen LogP contribution in [0.25, 0.3) is 0 Å². The van der Waals surface area contributed by atoms with E-state index in [9.17, 15) is 0 Å². The van der Waals surface area contributed by atoms with Crippen LogP contribution in [0.2, 0.25) is 0 Å². The summed E-state index contributed by atoms with van der Waals surface area (Å²) in [6.07, 6.45) is 1.16. The molecule has 0 aliphatic rings. The van der Waals surface area contributed by atoms with E-state index in [4.69, 9.17) is 4.74 Å². The zero-order valence-electron chi connectivity index (χ0n) is 10.7. The summed E-state index contributed by atoms with van der Waals surface area (Å²) in [7, 11) is 0. The van der Waals surface area contributed by atoms with Crippen molar-refractivity contribution in [3.63, 3.8) is 0 Å². The number of benzene rings is 2. The van der Waals surface area contributed by atoms with E-state index < -0.39 is 0 Å². The van der Waals surface area contributed by atoms with Gasteiger partial charge in [-0.15, -0.1) is 0 Å². The fourth-order valence-corrected chi connectivity index (χ4v) is 1.71.